The number of carbonyl (C=O) groups excluding carboxylic acids is 2. The number of sulfonamides is 1. The van der Waals surface area contributed by atoms with Crippen LogP contribution in [-0.4, -0.2) is 43.8 Å². The number of carbonyl (C=O) groups is 2. The van der Waals surface area contributed by atoms with Gasteiger partial charge in [0.15, 0.2) is 0 Å². The predicted molar refractivity (Wildman–Crippen MR) is 191 cm³/mol. The molecule has 7 nitrogen and oxygen atoms in total. The zero-order valence-electron chi connectivity index (χ0n) is 26.9. The second-order valence-corrected chi connectivity index (χ2v) is 15.0. The summed E-state index contributed by atoms with van der Waals surface area (Å²) >= 11 is 3.54. The van der Waals surface area contributed by atoms with Crippen molar-refractivity contribution in [2.24, 2.45) is 0 Å². The SMILES string of the molecule is Cc1cccc(N(CC(=O)N(Cc2cccc(Br)c2)[C@H](Cc2ccccc2)C(=O)NC2CCCCC2)S(=O)(=O)c2ccccc2)c1C. The molecule has 0 aromatic heterocycles. The fourth-order valence-corrected chi connectivity index (χ4v) is 8.11. The van der Waals surface area contributed by atoms with Gasteiger partial charge in [-0.1, -0.05) is 108 Å². The summed E-state index contributed by atoms with van der Waals surface area (Å²) in [6.45, 7) is 3.42. The van der Waals surface area contributed by atoms with Gasteiger partial charge in [0, 0.05) is 23.5 Å². The third kappa shape index (κ3) is 8.70. The van der Waals surface area contributed by atoms with Crippen molar-refractivity contribution in [1.82, 2.24) is 10.2 Å². The van der Waals surface area contributed by atoms with Crippen molar-refractivity contribution >= 4 is 43.5 Å². The van der Waals surface area contributed by atoms with Crippen molar-refractivity contribution in [2.45, 2.75) is 75.9 Å². The highest BCUT2D eigenvalue weighted by molar-refractivity contribution is 9.10. The zero-order chi connectivity index (χ0) is 33.4. The Labute approximate surface area is 287 Å². The van der Waals surface area contributed by atoms with Crippen LogP contribution in [0, 0.1) is 13.8 Å². The highest BCUT2D eigenvalue weighted by atomic mass is 79.9. The molecule has 0 heterocycles. The minimum atomic E-state index is -4.15. The van der Waals surface area contributed by atoms with Crippen molar-refractivity contribution in [3.63, 3.8) is 0 Å². The number of benzene rings is 4. The summed E-state index contributed by atoms with van der Waals surface area (Å²) in [5.41, 5.74) is 3.82. The molecule has 47 heavy (non-hydrogen) atoms. The molecule has 1 aliphatic carbocycles. The predicted octanol–water partition coefficient (Wildman–Crippen LogP) is 7.35. The summed E-state index contributed by atoms with van der Waals surface area (Å²) in [5, 5.41) is 3.26. The van der Waals surface area contributed by atoms with E-state index in [1.54, 1.807) is 35.2 Å². The van der Waals surface area contributed by atoms with Gasteiger partial charge >= 0.3 is 0 Å². The molecule has 1 aliphatic rings. The molecule has 4 aromatic carbocycles. The summed E-state index contributed by atoms with van der Waals surface area (Å²) in [5.74, 6) is -0.696. The molecule has 4 aromatic rings. The summed E-state index contributed by atoms with van der Waals surface area (Å²) in [7, 11) is -4.15. The van der Waals surface area contributed by atoms with Crippen LogP contribution in [-0.2, 0) is 32.6 Å². The van der Waals surface area contributed by atoms with Gasteiger partial charge in [-0.2, -0.15) is 0 Å². The van der Waals surface area contributed by atoms with E-state index in [1.807, 2.05) is 74.5 Å². The van der Waals surface area contributed by atoms with Gasteiger partial charge in [0.05, 0.1) is 10.6 Å². The maximum absolute atomic E-state index is 14.7. The van der Waals surface area contributed by atoms with E-state index in [9.17, 15) is 18.0 Å². The molecule has 0 radical (unpaired) electrons. The van der Waals surface area contributed by atoms with E-state index in [4.69, 9.17) is 0 Å². The van der Waals surface area contributed by atoms with Gasteiger partial charge in [0.1, 0.15) is 12.6 Å². The standard InChI is InChI=1S/C38H42BrN3O4S/c1-28-14-12-23-35(29(28)2)42(47(45,46)34-21-10-5-11-22-34)27-37(43)41(26-31-17-13-18-32(39)24-31)36(25-30-15-6-3-7-16-30)38(44)40-33-19-8-4-9-20-33/h3,5-7,10-18,21-24,33,36H,4,8-9,19-20,25-27H2,1-2H3,(H,40,44)/t36-/m1/s1. The van der Waals surface area contributed by atoms with Crippen LogP contribution >= 0.6 is 15.9 Å². The number of hydrogen-bond donors (Lipinski definition) is 1. The minimum absolute atomic E-state index is 0.0437. The molecular formula is C38H42BrN3O4S. The van der Waals surface area contributed by atoms with Crippen LogP contribution in [0.1, 0.15) is 54.4 Å². The Morgan fingerprint density at radius 3 is 2.15 bits per heavy atom. The monoisotopic (exact) mass is 715 g/mol. The number of aryl methyl sites for hydroxylation is 1. The van der Waals surface area contributed by atoms with Crippen LogP contribution in [0.25, 0.3) is 0 Å². The number of nitrogens with zero attached hydrogens (tertiary/aromatic N) is 2. The van der Waals surface area contributed by atoms with Crippen LogP contribution in [0.3, 0.4) is 0 Å². The molecule has 0 aliphatic heterocycles. The van der Waals surface area contributed by atoms with Crippen molar-refractivity contribution in [1.29, 1.82) is 0 Å². The summed E-state index contributed by atoms with van der Waals surface area (Å²) in [4.78, 5) is 30.6. The Bertz CT molecular complexity index is 1780. The van der Waals surface area contributed by atoms with Gasteiger partial charge in [0.2, 0.25) is 11.8 Å². The quantitative estimate of drug-likeness (QED) is 0.166. The Hall–Kier alpha value is -3.95. The topological polar surface area (TPSA) is 86.8 Å². The Kier molecular flexibility index (Phi) is 11.5. The van der Waals surface area contributed by atoms with Crippen LogP contribution in [0.5, 0.6) is 0 Å². The normalized spacial score (nSPS) is 14.3. The molecule has 1 N–H and O–H groups in total. The number of anilines is 1. The summed E-state index contributed by atoms with van der Waals surface area (Å²) in [6, 6.07) is 30.0. The van der Waals surface area contributed by atoms with Crippen molar-refractivity contribution < 1.29 is 18.0 Å². The van der Waals surface area contributed by atoms with Crippen LogP contribution < -0.4 is 9.62 Å². The van der Waals surface area contributed by atoms with Crippen molar-refractivity contribution in [3.05, 3.63) is 130 Å². The van der Waals surface area contributed by atoms with Crippen molar-refractivity contribution in [3.8, 4) is 0 Å². The van der Waals surface area contributed by atoms with Crippen LogP contribution in [0.2, 0.25) is 0 Å². The molecule has 0 saturated heterocycles. The highest BCUT2D eigenvalue weighted by Gasteiger charge is 2.36. The minimum Gasteiger partial charge on any atom is -0.352 e. The van der Waals surface area contributed by atoms with Crippen molar-refractivity contribution in [2.75, 3.05) is 10.8 Å². The first kappa shape index (κ1) is 34.4. The van der Waals surface area contributed by atoms with E-state index in [1.165, 1.54) is 16.4 Å². The molecule has 0 unspecified atom stereocenters. The van der Waals surface area contributed by atoms with Crippen LogP contribution in [0.15, 0.2) is 112 Å². The van der Waals surface area contributed by atoms with Gasteiger partial charge < -0.3 is 10.2 Å². The van der Waals surface area contributed by atoms with E-state index in [-0.39, 0.29) is 29.8 Å². The van der Waals surface area contributed by atoms with Gasteiger partial charge in [-0.15, -0.1) is 0 Å². The Balaban J connectivity index is 1.58. The fraction of sp³-hybridized carbons (Fsp3) is 0.316. The van der Waals surface area contributed by atoms with Gasteiger partial charge in [0.25, 0.3) is 10.0 Å². The molecule has 246 valence electrons. The lowest BCUT2D eigenvalue weighted by Gasteiger charge is -2.35. The largest absolute Gasteiger partial charge is 0.352 e. The maximum atomic E-state index is 14.7. The lowest BCUT2D eigenvalue weighted by molar-refractivity contribution is -0.140. The Morgan fingerprint density at radius 1 is 0.830 bits per heavy atom. The van der Waals surface area contributed by atoms with E-state index in [2.05, 4.69) is 21.2 Å². The molecule has 1 fully saturated rings. The smallest absolute Gasteiger partial charge is 0.264 e. The fourth-order valence-electron chi connectivity index (χ4n) is 6.17. The molecule has 1 atom stereocenters. The lowest BCUT2D eigenvalue weighted by atomic mass is 9.94. The van der Waals surface area contributed by atoms with Crippen LogP contribution in [0.4, 0.5) is 5.69 Å². The third-order valence-electron chi connectivity index (χ3n) is 8.92. The summed E-state index contributed by atoms with van der Waals surface area (Å²) in [6.07, 6.45) is 5.35. The first-order valence-electron chi connectivity index (χ1n) is 16.2. The molecule has 5 rings (SSSR count). The first-order chi connectivity index (χ1) is 22.6. The second-order valence-electron chi connectivity index (χ2n) is 12.2. The number of rotatable bonds is 12. The van der Waals surface area contributed by atoms with E-state index < -0.39 is 28.5 Å². The van der Waals surface area contributed by atoms with E-state index in [0.29, 0.717) is 5.69 Å². The average Bonchev–Trinajstić information content (AvgIpc) is 3.08. The maximum Gasteiger partial charge on any atom is 0.264 e. The average molecular weight is 717 g/mol. The van der Waals surface area contributed by atoms with E-state index in [0.717, 1.165) is 58.8 Å². The molecular weight excluding hydrogens is 674 g/mol. The Morgan fingerprint density at radius 2 is 1.47 bits per heavy atom. The number of nitrogens with one attached hydrogen (secondary N) is 1. The first-order valence-corrected chi connectivity index (χ1v) is 18.4. The molecule has 2 amide bonds. The second kappa shape index (κ2) is 15.8. The summed E-state index contributed by atoms with van der Waals surface area (Å²) < 4.78 is 30.6. The van der Waals surface area contributed by atoms with Gasteiger partial charge in [-0.3, -0.25) is 13.9 Å². The number of amides is 2. The molecule has 9 heteroatoms. The van der Waals surface area contributed by atoms with E-state index >= 15 is 0 Å². The van der Waals surface area contributed by atoms with Gasteiger partial charge in [-0.05, 0) is 79.3 Å². The third-order valence-corrected chi connectivity index (χ3v) is 11.2. The molecule has 0 bridgehead atoms. The highest BCUT2D eigenvalue weighted by Crippen LogP contribution is 2.29. The van der Waals surface area contributed by atoms with Gasteiger partial charge in [-0.25, -0.2) is 8.42 Å². The lowest BCUT2D eigenvalue weighted by Crippen LogP contribution is -2.55. The number of halogens is 1. The molecule has 0 spiro atoms. The number of hydrogen-bond acceptors (Lipinski definition) is 4. The zero-order valence-corrected chi connectivity index (χ0v) is 29.3. The molecule has 1 saturated carbocycles.